The van der Waals surface area contributed by atoms with E-state index in [0.717, 1.165) is 34.9 Å². The van der Waals surface area contributed by atoms with Crippen molar-refractivity contribution in [2.45, 2.75) is 25.7 Å². The summed E-state index contributed by atoms with van der Waals surface area (Å²) in [5, 5.41) is 2.98. The predicted octanol–water partition coefficient (Wildman–Crippen LogP) is 3.17. The van der Waals surface area contributed by atoms with Gasteiger partial charge in [-0.3, -0.25) is 4.79 Å². The number of rotatable bonds is 3. The molecule has 0 spiro atoms. The topological polar surface area (TPSA) is 55.1 Å². The maximum atomic E-state index is 12.3. The molecule has 1 aromatic carbocycles. The number of benzene rings is 1. The van der Waals surface area contributed by atoms with Crippen LogP contribution in [0.4, 0.5) is 5.69 Å². The maximum Gasteiger partial charge on any atom is 0.231 e. The maximum absolute atomic E-state index is 12.3. The molecule has 0 aromatic heterocycles. The first kappa shape index (κ1) is 15.7. The van der Waals surface area contributed by atoms with Crippen LogP contribution in [0.3, 0.4) is 0 Å². The zero-order valence-corrected chi connectivity index (χ0v) is 13.1. The molecule has 100 valence electrons. The van der Waals surface area contributed by atoms with Crippen molar-refractivity contribution in [1.29, 1.82) is 0 Å². The van der Waals surface area contributed by atoms with E-state index in [1.165, 1.54) is 0 Å². The summed E-state index contributed by atoms with van der Waals surface area (Å²) in [6.07, 6.45) is 4.05. The van der Waals surface area contributed by atoms with Gasteiger partial charge in [-0.2, -0.15) is 0 Å². The summed E-state index contributed by atoms with van der Waals surface area (Å²) in [7, 11) is 0. The van der Waals surface area contributed by atoms with Crippen molar-refractivity contribution in [3.05, 3.63) is 27.8 Å². The molecular weight excluding hydrogens is 363 g/mol. The lowest BCUT2D eigenvalue weighted by Crippen LogP contribution is -2.40. The summed E-state index contributed by atoms with van der Waals surface area (Å²) in [6, 6.07) is 7.83. The molecule has 0 aliphatic heterocycles. The van der Waals surface area contributed by atoms with E-state index in [-0.39, 0.29) is 23.7 Å². The molecule has 1 fully saturated rings. The molecule has 18 heavy (non-hydrogen) atoms. The first-order valence-electron chi connectivity index (χ1n) is 5.93. The monoisotopic (exact) mass is 380 g/mol. The van der Waals surface area contributed by atoms with Crippen molar-refractivity contribution >= 4 is 46.6 Å². The number of halogens is 2. The number of carbonyl (C=O) groups is 1. The number of hydrogen-bond acceptors (Lipinski definition) is 2. The highest BCUT2D eigenvalue weighted by molar-refractivity contribution is 14.1. The Kier molecular flexibility index (Phi) is 5.88. The summed E-state index contributed by atoms with van der Waals surface area (Å²) in [6.45, 7) is 0.448. The van der Waals surface area contributed by atoms with E-state index < -0.39 is 0 Å². The van der Waals surface area contributed by atoms with E-state index in [9.17, 15) is 4.79 Å². The lowest BCUT2D eigenvalue weighted by molar-refractivity contribution is -0.124. The van der Waals surface area contributed by atoms with E-state index in [0.29, 0.717) is 6.54 Å². The first-order valence-corrected chi connectivity index (χ1v) is 7.01. The molecular formula is C13H18ClIN2O. The number of nitrogens with two attached hydrogens (primary N) is 1. The van der Waals surface area contributed by atoms with E-state index in [2.05, 4.69) is 27.9 Å². The Morgan fingerprint density at radius 3 is 2.33 bits per heavy atom. The Morgan fingerprint density at radius 1 is 1.28 bits per heavy atom. The fourth-order valence-corrected chi connectivity index (χ4v) is 2.73. The van der Waals surface area contributed by atoms with Crippen LogP contribution in [0.2, 0.25) is 0 Å². The van der Waals surface area contributed by atoms with Gasteiger partial charge in [-0.25, -0.2) is 0 Å². The lowest BCUT2D eigenvalue weighted by Gasteiger charge is -2.25. The average Bonchev–Trinajstić information content (AvgIpc) is 2.82. The van der Waals surface area contributed by atoms with E-state index in [4.69, 9.17) is 5.73 Å². The molecule has 0 atom stereocenters. The van der Waals surface area contributed by atoms with Crippen molar-refractivity contribution in [2.24, 2.45) is 11.1 Å². The zero-order chi connectivity index (χ0) is 12.3. The molecule has 1 amide bonds. The Labute approximate surface area is 127 Å². The van der Waals surface area contributed by atoms with Crippen molar-refractivity contribution in [1.82, 2.24) is 0 Å². The smallest absolute Gasteiger partial charge is 0.231 e. The van der Waals surface area contributed by atoms with Gasteiger partial charge in [0.1, 0.15) is 0 Å². The van der Waals surface area contributed by atoms with Crippen LogP contribution in [0, 0.1) is 8.99 Å². The van der Waals surface area contributed by atoms with Crippen molar-refractivity contribution in [3.63, 3.8) is 0 Å². The molecule has 3 N–H and O–H groups in total. The summed E-state index contributed by atoms with van der Waals surface area (Å²) in [4.78, 5) is 12.3. The number of carbonyl (C=O) groups excluding carboxylic acids is 1. The third-order valence-electron chi connectivity index (χ3n) is 3.54. The Hall–Kier alpha value is -0.330. The molecule has 0 bridgehead atoms. The molecule has 0 unspecified atom stereocenters. The first-order chi connectivity index (χ1) is 8.16. The van der Waals surface area contributed by atoms with Crippen molar-refractivity contribution in [3.8, 4) is 0 Å². The van der Waals surface area contributed by atoms with Gasteiger partial charge >= 0.3 is 0 Å². The van der Waals surface area contributed by atoms with E-state index in [1.807, 2.05) is 24.3 Å². The number of anilines is 1. The second kappa shape index (κ2) is 6.73. The number of nitrogens with one attached hydrogen (secondary N) is 1. The van der Waals surface area contributed by atoms with Gasteiger partial charge in [0.25, 0.3) is 0 Å². The van der Waals surface area contributed by atoms with Gasteiger partial charge in [0, 0.05) is 15.8 Å². The molecule has 1 aliphatic rings. The van der Waals surface area contributed by atoms with Crippen molar-refractivity contribution < 1.29 is 4.79 Å². The van der Waals surface area contributed by atoms with Crippen LogP contribution in [0.15, 0.2) is 24.3 Å². The molecule has 5 heteroatoms. The molecule has 1 saturated carbocycles. The van der Waals surface area contributed by atoms with Gasteiger partial charge in [0.15, 0.2) is 0 Å². The minimum atomic E-state index is -0.330. The van der Waals surface area contributed by atoms with Crippen molar-refractivity contribution in [2.75, 3.05) is 11.9 Å². The number of hydrogen-bond donors (Lipinski definition) is 2. The molecule has 1 aromatic rings. The average molecular weight is 381 g/mol. The van der Waals surface area contributed by atoms with Crippen LogP contribution < -0.4 is 11.1 Å². The van der Waals surface area contributed by atoms with Gasteiger partial charge in [-0.1, -0.05) is 12.8 Å². The van der Waals surface area contributed by atoms with Crippen LogP contribution in [0.25, 0.3) is 0 Å². The second-order valence-corrected chi connectivity index (χ2v) is 5.90. The van der Waals surface area contributed by atoms with E-state index >= 15 is 0 Å². The fraction of sp³-hybridized carbons (Fsp3) is 0.462. The van der Waals surface area contributed by atoms with E-state index in [1.54, 1.807) is 0 Å². The van der Waals surface area contributed by atoms with Gasteiger partial charge in [-0.15, -0.1) is 12.4 Å². The van der Waals surface area contributed by atoms with Crippen LogP contribution in [0.1, 0.15) is 25.7 Å². The summed E-state index contributed by atoms with van der Waals surface area (Å²) in [5.74, 6) is 0.0821. The van der Waals surface area contributed by atoms with Gasteiger partial charge < -0.3 is 11.1 Å². The Morgan fingerprint density at radius 2 is 1.83 bits per heavy atom. The molecule has 3 nitrogen and oxygen atoms in total. The SMILES string of the molecule is Cl.NCC1(C(=O)Nc2ccc(I)cc2)CCCC1. The lowest BCUT2D eigenvalue weighted by atomic mass is 9.85. The molecule has 0 heterocycles. The Balaban J connectivity index is 0.00000162. The standard InChI is InChI=1S/C13H17IN2O.ClH/c14-10-3-5-11(6-4-10)16-12(17)13(9-15)7-1-2-8-13;/h3-6H,1-2,7-9,15H2,(H,16,17);1H. The summed E-state index contributed by atoms with van der Waals surface area (Å²) in [5.41, 5.74) is 6.31. The highest BCUT2D eigenvalue weighted by Crippen LogP contribution is 2.38. The third kappa shape index (κ3) is 3.36. The van der Waals surface area contributed by atoms with Crippen LogP contribution in [-0.2, 0) is 4.79 Å². The second-order valence-electron chi connectivity index (χ2n) is 4.65. The quantitative estimate of drug-likeness (QED) is 0.791. The Bertz CT molecular complexity index is 402. The normalized spacial score (nSPS) is 17.0. The van der Waals surface area contributed by atoms with Gasteiger partial charge in [0.05, 0.1) is 5.41 Å². The predicted molar refractivity (Wildman–Crippen MR) is 85.0 cm³/mol. The molecule has 0 radical (unpaired) electrons. The van der Waals surface area contributed by atoms with Crippen LogP contribution >= 0.6 is 35.0 Å². The number of amides is 1. The molecule has 2 rings (SSSR count). The van der Waals surface area contributed by atoms with Gasteiger partial charge in [0.2, 0.25) is 5.91 Å². The zero-order valence-electron chi connectivity index (χ0n) is 10.1. The molecule has 1 aliphatic carbocycles. The minimum Gasteiger partial charge on any atom is -0.329 e. The van der Waals surface area contributed by atoms with Crippen LogP contribution in [-0.4, -0.2) is 12.5 Å². The minimum absolute atomic E-state index is 0. The third-order valence-corrected chi connectivity index (χ3v) is 4.25. The van der Waals surface area contributed by atoms with Crippen LogP contribution in [0.5, 0.6) is 0 Å². The fourth-order valence-electron chi connectivity index (χ4n) is 2.37. The van der Waals surface area contributed by atoms with Gasteiger partial charge in [-0.05, 0) is 59.7 Å². The summed E-state index contributed by atoms with van der Waals surface area (Å²) < 4.78 is 1.16. The summed E-state index contributed by atoms with van der Waals surface area (Å²) >= 11 is 2.25. The highest BCUT2D eigenvalue weighted by atomic mass is 127. The highest BCUT2D eigenvalue weighted by Gasteiger charge is 2.39. The largest absolute Gasteiger partial charge is 0.329 e. The molecule has 0 saturated heterocycles.